The van der Waals surface area contributed by atoms with Crippen LogP contribution in [0.1, 0.15) is 34.7 Å². The topological polar surface area (TPSA) is 86.8 Å². The Balaban J connectivity index is 1.79. The predicted octanol–water partition coefficient (Wildman–Crippen LogP) is 5.58. The summed E-state index contributed by atoms with van der Waals surface area (Å²) >= 11 is 0. The van der Waals surface area contributed by atoms with E-state index in [1.54, 1.807) is 36.4 Å². The summed E-state index contributed by atoms with van der Waals surface area (Å²) in [6.45, 7) is 7.66. The minimum atomic E-state index is -4.12. The fraction of sp³-hybridized carbons (Fsp3) is 0.257. The van der Waals surface area contributed by atoms with E-state index >= 15 is 0 Å². The molecule has 7 nitrogen and oxygen atoms in total. The Kier molecular flexibility index (Phi) is 10.4. The lowest BCUT2D eigenvalue weighted by Crippen LogP contribution is -2.53. The Hall–Kier alpha value is -4.43. The van der Waals surface area contributed by atoms with Gasteiger partial charge < -0.3 is 10.2 Å². The molecule has 4 aromatic rings. The van der Waals surface area contributed by atoms with Crippen LogP contribution < -0.4 is 9.62 Å². The summed E-state index contributed by atoms with van der Waals surface area (Å²) < 4.78 is 29.3. The molecule has 0 aliphatic rings. The number of aryl methyl sites for hydroxylation is 3. The van der Waals surface area contributed by atoms with Crippen LogP contribution in [-0.2, 0) is 32.6 Å². The second-order valence-corrected chi connectivity index (χ2v) is 12.6. The van der Waals surface area contributed by atoms with Crippen LogP contribution in [0, 0.1) is 20.8 Å². The third-order valence-corrected chi connectivity index (χ3v) is 9.06. The molecule has 1 atom stereocenters. The minimum absolute atomic E-state index is 0.0845. The van der Waals surface area contributed by atoms with E-state index in [0.29, 0.717) is 12.2 Å². The van der Waals surface area contributed by atoms with Gasteiger partial charge in [-0.3, -0.25) is 13.9 Å². The zero-order valence-corrected chi connectivity index (χ0v) is 26.0. The number of amides is 2. The standard InChI is InChI=1S/C35H39N3O4S/c1-5-36-35(40)33(23-29-11-7-6-8-12-29)37(24-30-13-9-10-28(4)22-30)34(39)25-38(31-18-14-26(2)15-19-31)43(41,42)32-20-16-27(3)17-21-32/h6-22,33H,5,23-25H2,1-4H3,(H,36,40). The van der Waals surface area contributed by atoms with Crippen LogP contribution >= 0.6 is 0 Å². The minimum Gasteiger partial charge on any atom is -0.355 e. The van der Waals surface area contributed by atoms with Gasteiger partial charge in [0.05, 0.1) is 10.6 Å². The summed E-state index contributed by atoms with van der Waals surface area (Å²) in [5.74, 6) is -0.777. The smallest absolute Gasteiger partial charge is 0.264 e. The first-order chi connectivity index (χ1) is 20.6. The lowest BCUT2D eigenvalue weighted by atomic mass is 10.0. The van der Waals surface area contributed by atoms with Crippen molar-refractivity contribution in [3.05, 3.63) is 131 Å². The van der Waals surface area contributed by atoms with Crippen molar-refractivity contribution in [1.29, 1.82) is 0 Å². The largest absolute Gasteiger partial charge is 0.355 e. The van der Waals surface area contributed by atoms with Crippen LogP contribution in [0.25, 0.3) is 0 Å². The van der Waals surface area contributed by atoms with Crippen molar-refractivity contribution in [3.8, 4) is 0 Å². The van der Waals surface area contributed by atoms with Crippen molar-refractivity contribution in [2.24, 2.45) is 0 Å². The molecule has 0 fully saturated rings. The lowest BCUT2D eigenvalue weighted by molar-refractivity contribution is -0.140. The van der Waals surface area contributed by atoms with Gasteiger partial charge in [0.1, 0.15) is 12.6 Å². The highest BCUT2D eigenvalue weighted by atomic mass is 32.2. The van der Waals surface area contributed by atoms with E-state index in [0.717, 1.165) is 32.1 Å². The Morgan fingerprint density at radius 1 is 0.744 bits per heavy atom. The maximum atomic E-state index is 14.4. The van der Waals surface area contributed by atoms with Crippen molar-refractivity contribution in [2.45, 2.75) is 51.6 Å². The third-order valence-electron chi connectivity index (χ3n) is 7.27. The van der Waals surface area contributed by atoms with Crippen LogP contribution in [0.5, 0.6) is 0 Å². The van der Waals surface area contributed by atoms with Crippen molar-refractivity contribution >= 4 is 27.5 Å². The molecule has 43 heavy (non-hydrogen) atoms. The second-order valence-electron chi connectivity index (χ2n) is 10.8. The van der Waals surface area contributed by atoms with Gasteiger partial charge in [0, 0.05) is 19.5 Å². The van der Waals surface area contributed by atoms with Gasteiger partial charge in [0.25, 0.3) is 10.0 Å². The molecule has 1 unspecified atom stereocenters. The predicted molar refractivity (Wildman–Crippen MR) is 171 cm³/mol. The summed E-state index contributed by atoms with van der Waals surface area (Å²) in [7, 11) is -4.12. The number of carbonyl (C=O) groups excluding carboxylic acids is 2. The number of carbonyl (C=O) groups is 2. The van der Waals surface area contributed by atoms with Gasteiger partial charge in [-0.25, -0.2) is 8.42 Å². The number of hydrogen-bond acceptors (Lipinski definition) is 4. The summed E-state index contributed by atoms with van der Waals surface area (Å²) in [5.41, 5.74) is 5.01. The van der Waals surface area contributed by atoms with E-state index < -0.39 is 28.5 Å². The summed E-state index contributed by atoms with van der Waals surface area (Å²) in [6.07, 6.45) is 0.277. The molecule has 0 saturated heterocycles. The molecule has 0 aliphatic carbocycles. The van der Waals surface area contributed by atoms with Crippen LogP contribution in [0.2, 0.25) is 0 Å². The molecule has 1 N–H and O–H groups in total. The Morgan fingerprint density at radius 3 is 1.95 bits per heavy atom. The normalized spacial score (nSPS) is 11.9. The van der Waals surface area contributed by atoms with Gasteiger partial charge in [-0.1, -0.05) is 95.6 Å². The molecule has 0 spiro atoms. The molecular weight excluding hydrogens is 558 g/mol. The van der Waals surface area contributed by atoms with Crippen molar-refractivity contribution in [3.63, 3.8) is 0 Å². The molecule has 224 valence electrons. The number of sulfonamides is 1. The van der Waals surface area contributed by atoms with Crippen LogP contribution in [-0.4, -0.2) is 44.3 Å². The van der Waals surface area contributed by atoms with E-state index in [1.807, 2.05) is 94.4 Å². The van der Waals surface area contributed by atoms with Crippen molar-refractivity contribution in [2.75, 3.05) is 17.4 Å². The highest BCUT2D eigenvalue weighted by molar-refractivity contribution is 7.92. The highest BCUT2D eigenvalue weighted by Crippen LogP contribution is 2.26. The molecule has 0 radical (unpaired) electrons. The monoisotopic (exact) mass is 597 g/mol. The van der Waals surface area contributed by atoms with E-state index in [2.05, 4.69) is 5.32 Å². The number of likely N-dealkylation sites (N-methyl/N-ethyl adjacent to an activating group) is 1. The van der Waals surface area contributed by atoms with Gasteiger partial charge in [-0.15, -0.1) is 0 Å². The highest BCUT2D eigenvalue weighted by Gasteiger charge is 2.34. The molecule has 2 amide bonds. The fourth-order valence-electron chi connectivity index (χ4n) is 4.93. The molecule has 8 heteroatoms. The maximum Gasteiger partial charge on any atom is 0.264 e. The van der Waals surface area contributed by atoms with Crippen molar-refractivity contribution < 1.29 is 18.0 Å². The second kappa shape index (κ2) is 14.2. The quantitative estimate of drug-likeness (QED) is 0.231. The van der Waals surface area contributed by atoms with Gasteiger partial charge in [-0.05, 0) is 63.1 Å². The van der Waals surface area contributed by atoms with Crippen LogP contribution in [0.15, 0.2) is 108 Å². The third kappa shape index (κ3) is 8.11. The molecule has 4 aromatic carbocycles. The SMILES string of the molecule is CCNC(=O)C(Cc1ccccc1)N(Cc1cccc(C)c1)C(=O)CN(c1ccc(C)cc1)S(=O)(=O)c1ccc(C)cc1. The summed E-state index contributed by atoms with van der Waals surface area (Å²) in [4.78, 5) is 29.5. The molecular formula is C35H39N3O4S. The first-order valence-corrected chi connectivity index (χ1v) is 15.8. The number of rotatable bonds is 12. The number of anilines is 1. The van der Waals surface area contributed by atoms with E-state index in [-0.39, 0.29) is 23.8 Å². The zero-order chi connectivity index (χ0) is 31.0. The zero-order valence-electron chi connectivity index (χ0n) is 25.2. The maximum absolute atomic E-state index is 14.4. The number of hydrogen-bond donors (Lipinski definition) is 1. The average molecular weight is 598 g/mol. The lowest BCUT2D eigenvalue weighted by Gasteiger charge is -2.34. The molecule has 0 aromatic heterocycles. The Labute approximate surface area is 255 Å². The van der Waals surface area contributed by atoms with Gasteiger partial charge in [-0.2, -0.15) is 0 Å². The van der Waals surface area contributed by atoms with Gasteiger partial charge in [0.2, 0.25) is 11.8 Å². The first-order valence-electron chi connectivity index (χ1n) is 14.4. The number of nitrogens with zero attached hydrogens (tertiary/aromatic N) is 2. The molecule has 0 heterocycles. The van der Waals surface area contributed by atoms with E-state index in [9.17, 15) is 18.0 Å². The molecule has 0 aliphatic heterocycles. The van der Waals surface area contributed by atoms with Gasteiger partial charge >= 0.3 is 0 Å². The fourth-order valence-corrected chi connectivity index (χ4v) is 6.34. The first kappa shape index (κ1) is 31.5. The van der Waals surface area contributed by atoms with Crippen molar-refractivity contribution in [1.82, 2.24) is 10.2 Å². The van der Waals surface area contributed by atoms with Crippen LogP contribution in [0.3, 0.4) is 0 Å². The molecule has 0 saturated carbocycles. The Morgan fingerprint density at radius 2 is 1.35 bits per heavy atom. The van der Waals surface area contributed by atoms with Crippen LogP contribution in [0.4, 0.5) is 5.69 Å². The average Bonchev–Trinajstić information content (AvgIpc) is 2.99. The summed E-state index contributed by atoms with van der Waals surface area (Å²) in [6, 6.07) is 30.0. The number of benzene rings is 4. The van der Waals surface area contributed by atoms with E-state index in [4.69, 9.17) is 0 Å². The Bertz CT molecular complexity index is 1640. The van der Waals surface area contributed by atoms with Gasteiger partial charge in [0.15, 0.2) is 0 Å². The summed E-state index contributed by atoms with van der Waals surface area (Å²) in [5, 5.41) is 2.89. The molecule has 4 rings (SSSR count). The number of nitrogens with one attached hydrogen (secondary N) is 1. The van der Waals surface area contributed by atoms with E-state index in [1.165, 1.54) is 4.90 Å². The molecule has 0 bridgehead atoms.